The van der Waals surface area contributed by atoms with Gasteiger partial charge in [-0.1, -0.05) is 65.9 Å². The number of nitro groups is 1. The lowest BCUT2D eigenvalue weighted by molar-refractivity contribution is -0.384. The van der Waals surface area contributed by atoms with Crippen molar-refractivity contribution in [3.8, 4) is 5.75 Å². The molecule has 242 valence electrons. The van der Waals surface area contributed by atoms with E-state index in [4.69, 9.17) is 13.9 Å². The summed E-state index contributed by atoms with van der Waals surface area (Å²) in [5, 5.41) is 10.9. The number of thiazole rings is 1. The Morgan fingerprint density at radius 3 is 2.29 bits per heavy atom. The molecule has 0 amide bonds. The van der Waals surface area contributed by atoms with E-state index in [0.29, 0.717) is 27.2 Å². The Morgan fingerprint density at radius 1 is 1.00 bits per heavy atom. The summed E-state index contributed by atoms with van der Waals surface area (Å²) in [6.45, 7) is 1.75. The lowest BCUT2D eigenvalue weighted by Crippen LogP contribution is -2.40. The smallest absolute Gasteiger partial charge is 0.339 e. The van der Waals surface area contributed by atoms with Crippen molar-refractivity contribution in [1.82, 2.24) is 4.57 Å². The predicted octanol–water partition coefficient (Wildman–Crippen LogP) is 4.75. The Balaban J connectivity index is 1.41. The molecule has 48 heavy (non-hydrogen) atoms. The van der Waals surface area contributed by atoms with Gasteiger partial charge in [0, 0.05) is 17.7 Å². The van der Waals surface area contributed by atoms with Crippen LogP contribution in [0.4, 0.5) is 10.1 Å². The average Bonchev–Trinajstić information content (AvgIpc) is 3.39. The minimum atomic E-state index is -4.28. The standard InChI is InChI=1S/C34H24FN3O8S2/c1-2-45-33(40)29-30(22-6-4-3-5-7-22)36-34-37(31(29)23-10-12-24(35)13-11-23)32(39)28(47-34)20-21-8-16-26(17-9-21)46-48(43,44)27-18-14-25(15-19-27)38(41)42/h3-20,31H,2H2,1H3/b28-20-/t31-/m1/s1. The molecule has 2 heterocycles. The topological polar surface area (TPSA) is 147 Å². The van der Waals surface area contributed by atoms with Gasteiger partial charge in [-0.05, 0) is 60.5 Å². The van der Waals surface area contributed by atoms with E-state index >= 15 is 0 Å². The molecular weight excluding hydrogens is 662 g/mol. The molecule has 0 fully saturated rings. The van der Waals surface area contributed by atoms with Gasteiger partial charge in [0.15, 0.2) is 4.80 Å². The highest BCUT2D eigenvalue weighted by Gasteiger charge is 2.35. The van der Waals surface area contributed by atoms with Gasteiger partial charge in [-0.2, -0.15) is 8.42 Å². The summed E-state index contributed by atoms with van der Waals surface area (Å²) in [7, 11) is -4.28. The van der Waals surface area contributed by atoms with Gasteiger partial charge >= 0.3 is 16.1 Å². The monoisotopic (exact) mass is 685 g/mol. The van der Waals surface area contributed by atoms with Crippen LogP contribution in [0.15, 0.2) is 123 Å². The second-order valence-electron chi connectivity index (χ2n) is 10.3. The van der Waals surface area contributed by atoms with Gasteiger partial charge in [-0.15, -0.1) is 0 Å². The van der Waals surface area contributed by atoms with Gasteiger partial charge in [0.25, 0.3) is 11.2 Å². The number of fused-ring (bicyclic) bond motifs is 1. The molecule has 1 aliphatic rings. The van der Waals surface area contributed by atoms with Gasteiger partial charge in [-0.3, -0.25) is 19.5 Å². The number of hydrogen-bond donors (Lipinski definition) is 0. The van der Waals surface area contributed by atoms with Crippen LogP contribution in [0, 0.1) is 15.9 Å². The number of non-ortho nitro benzene ring substituents is 1. The number of hydrogen-bond acceptors (Lipinski definition) is 10. The van der Waals surface area contributed by atoms with Crippen molar-refractivity contribution in [3.05, 3.63) is 161 Å². The number of nitro benzene ring substituents is 1. The first-order valence-corrected chi connectivity index (χ1v) is 16.6. The van der Waals surface area contributed by atoms with Crippen molar-refractivity contribution in [1.29, 1.82) is 0 Å². The van der Waals surface area contributed by atoms with E-state index in [0.717, 1.165) is 35.6 Å². The van der Waals surface area contributed by atoms with Crippen LogP contribution in [0.1, 0.15) is 29.7 Å². The van der Waals surface area contributed by atoms with E-state index in [2.05, 4.69) is 0 Å². The van der Waals surface area contributed by atoms with Crippen molar-refractivity contribution < 1.29 is 31.4 Å². The molecule has 0 aliphatic carbocycles. The molecule has 0 bridgehead atoms. The summed E-state index contributed by atoms with van der Waals surface area (Å²) >= 11 is 1.09. The fourth-order valence-corrected chi connectivity index (χ4v) is 7.01. The zero-order chi connectivity index (χ0) is 34.0. The van der Waals surface area contributed by atoms with Crippen LogP contribution < -0.4 is 19.1 Å². The SMILES string of the molecule is CCOC(=O)C1=C(c2ccccc2)N=c2s/c(=C\c3ccc(OS(=O)(=O)c4ccc([N+](=O)[O-])cc4)cc3)c(=O)n2[C@@H]1c1ccc(F)cc1. The number of carbonyl (C=O) groups excluding carboxylic acids is 1. The van der Waals surface area contributed by atoms with Crippen LogP contribution in [0.2, 0.25) is 0 Å². The highest BCUT2D eigenvalue weighted by Crippen LogP contribution is 2.35. The molecule has 0 saturated heterocycles. The van der Waals surface area contributed by atoms with Gasteiger partial charge < -0.3 is 8.92 Å². The normalized spacial score (nSPS) is 14.6. The molecule has 0 radical (unpaired) electrons. The molecular formula is C34H24FN3O8S2. The molecule has 0 spiro atoms. The summed E-state index contributed by atoms with van der Waals surface area (Å²) in [5.41, 5.74) is 1.38. The molecule has 6 rings (SSSR count). The van der Waals surface area contributed by atoms with Gasteiger partial charge in [0.05, 0.1) is 33.4 Å². The van der Waals surface area contributed by atoms with Crippen LogP contribution in [0.5, 0.6) is 5.75 Å². The third-order valence-electron chi connectivity index (χ3n) is 7.28. The Morgan fingerprint density at radius 2 is 1.67 bits per heavy atom. The third-order valence-corrected chi connectivity index (χ3v) is 9.52. The molecule has 1 atom stereocenters. The largest absolute Gasteiger partial charge is 0.463 e. The molecule has 1 aliphatic heterocycles. The van der Waals surface area contributed by atoms with E-state index in [-0.39, 0.29) is 33.0 Å². The fourth-order valence-electron chi connectivity index (χ4n) is 5.08. The molecule has 0 unspecified atom stereocenters. The average molecular weight is 686 g/mol. The van der Waals surface area contributed by atoms with E-state index in [9.17, 15) is 32.5 Å². The number of esters is 1. The Kier molecular flexibility index (Phi) is 8.84. The zero-order valence-corrected chi connectivity index (χ0v) is 26.6. The summed E-state index contributed by atoms with van der Waals surface area (Å²) in [5.74, 6) is -1.16. The van der Waals surface area contributed by atoms with Crippen LogP contribution in [0.25, 0.3) is 11.8 Å². The van der Waals surface area contributed by atoms with Crippen LogP contribution in [-0.4, -0.2) is 30.5 Å². The van der Waals surface area contributed by atoms with Crippen molar-refractivity contribution in [2.75, 3.05) is 6.61 Å². The highest BCUT2D eigenvalue weighted by molar-refractivity contribution is 7.87. The Hall–Kier alpha value is -5.73. The van der Waals surface area contributed by atoms with E-state index in [1.807, 2.05) is 6.07 Å². The van der Waals surface area contributed by atoms with Crippen molar-refractivity contribution in [2.45, 2.75) is 17.9 Å². The number of aromatic nitrogens is 1. The molecule has 0 saturated carbocycles. The van der Waals surface area contributed by atoms with Crippen molar-refractivity contribution in [2.24, 2.45) is 4.99 Å². The van der Waals surface area contributed by atoms with Crippen LogP contribution in [-0.2, 0) is 19.6 Å². The lowest BCUT2D eigenvalue weighted by atomic mass is 9.93. The Bertz CT molecular complexity index is 2350. The number of benzene rings is 4. The first-order valence-electron chi connectivity index (χ1n) is 14.4. The number of ether oxygens (including phenoxy) is 1. The predicted molar refractivity (Wildman–Crippen MR) is 175 cm³/mol. The van der Waals surface area contributed by atoms with Gasteiger partial charge in [0.1, 0.15) is 16.5 Å². The summed E-state index contributed by atoms with van der Waals surface area (Å²) in [6.07, 6.45) is 1.59. The quantitative estimate of drug-likeness (QED) is 0.0935. The first-order chi connectivity index (χ1) is 23.1. The van der Waals surface area contributed by atoms with E-state index < -0.39 is 38.4 Å². The summed E-state index contributed by atoms with van der Waals surface area (Å²) < 4.78 is 51.7. The summed E-state index contributed by atoms with van der Waals surface area (Å²) in [6, 6.07) is 23.7. The number of halogens is 1. The minimum absolute atomic E-state index is 0.0187. The molecule has 1 aromatic heterocycles. The van der Waals surface area contributed by atoms with E-state index in [1.54, 1.807) is 49.4 Å². The maximum absolute atomic E-state index is 14.0. The number of rotatable bonds is 9. The second-order valence-corrected chi connectivity index (χ2v) is 12.9. The Labute approximate surface area is 276 Å². The highest BCUT2D eigenvalue weighted by atomic mass is 32.2. The second kappa shape index (κ2) is 13.2. The molecule has 11 nitrogen and oxygen atoms in total. The third kappa shape index (κ3) is 6.43. The summed E-state index contributed by atoms with van der Waals surface area (Å²) in [4.78, 5) is 42.6. The van der Waals surface area contributed by atoms with Crippen LogP contribution in [0.3, 0.4) is 0 Å². The van der Waals surface area contributed by atoms with E-state index in [1.165, 1.54) is 41.0 Å². The maximum atomic E-state index is 14.0. The maximum Gasteiger partial charge on any atom is 0.339 e. The van der Waals surface area contributed by atoms with Crippen molar-refractivity contribution in [3.63, 3.8) is 0 Å². The molecule has 4 aromatic carbocycles. The van der Waals surface area contributed by atoms with Gasteiger partial charge in [-0.25, -0.2) is 14.2 Å². The molecule has 14 heteroatoms. The van der Waals surface area contributed by atoms with Crippen LogP contribution >= 0.6 is 11.3 Å². The number of carbonyl (C=O) groups is 1. The molecule has 0 N–H and O–H groups in total. The zero-order valence-electron chi connectivity index (χ0n) is 25.0. The number of nitrogens with zero attached hydrogens (tertiary/aromatic N) is 3. The van der Waals surface area contributed by atoms with Crippen molar-refractivity contribution >= 4 is 44.9 Å². The fraction of sp³-hybridized carbons (Fsp3) is 0.0882. The minimum Gasteiger partial charge on any atom is -0.463 e. The van der Waals surface area contributed by atoms with Gasteiger partial charge in [0.2, 0.25) is 0 Å². The molecule has 5 aromatic rings. The lowest BCUT2D eigenvalue weighted by Gasteiger charge is -2.25. The first kappa shape index (κ1) is 32.2.